The van der Waals surface area contributed by atoms with Crippen molar-refractivity contribution in [3.05, 3.63) is 0 Å². The van der Waals surface area contributed by atoms with Crippen molar-refractivity contribution < 1.29 is 9.90 Å². The number of hydrogen-bond donors (Lipinski definition) is 1. The molecule has 2 aliphatic carbocycles. The Morgan fingerprint density at radius 2 is 1.81 bits per heavy atom. The summed E-state index contributed by atoms with van der Waals surface area (Å²) in [5, 5.41) is 9.72. The van der Waals surface area contributed by atoms with Crippen LogP contribution >= 0.6 is 0 Å². The summed E-state index contributed by atoms with van der Waals surface area (Å²) < 4.78 is 0. The maximum atomic E-state index is 11.8. The number of piperidine rings is 1. The largest absolute Gasteiger partial charge is 0.480 e. The lowest BCUT2D eigenvalue weighted by Crippen LogP contribution is -2.60. The van der Waals surface area contributed by atoms with Gasteiger partial charge in [-0.25, -0.2) is 0 Å². The van der Waals surface area contributed by atoms with Gasteiger partial charge >= 0.3 is 5.97 Å². The van der Waals surface area contributed by atoms with Gasteiger partial charge in [0.2, 0.25) is 0 Å². The van der Waals surface area contributed by atoms with E-state index in [0.29, 0.717) is 17.5 Å². The third-order valence-corrected chi connectivity index (χ3v) is 6.31. The Kier molecular flexibility index (Phi) is 4.31. The summed E-state index contributed by atoms with van der Waals surface area (Å²) in [6.07, 6.45) is 12.1. The maximum Gasteiger partial charge on any atom is 0.320 e. The first-order chi connectivity index (χ1) is 9.98. The van der Waals surface area contributed by atoms with Crippen molar-refractivity contribution in [3.8, 4) is 0 Å². The molecule has 0 aromatic carbocycles. The molecule has 21 heavy (non-hydrogen) atoms. The fourth-order valence-electron chi connectivity index (χ4n) is 5.36. The summed E-state index contributed by atoms with van der Waals surface area (Å²) in [6, 6.07) is 0.830. The zero-order valence-electron chi connectivity index (χ0n) is 13.7. The first-order valence-corrected chi connectivity index (χ1v) is 8.98. The fraction of sp³-hybridized carbons (Fsp3) is 0.944. The average molecular weight is 293 g/mol. The van der Waals surface area contributed by atoms with Crippen LogP contribution in [-0.4, -0.2) is 34.1 Å². The van der Waals surface area contributed by atoms with E-state index in [4.69, 9.17) is 0 Å². The molecule has 120 valence electrons. The molecule has 0 bridgehead atoms. The van der Waals surface area contributed by atoms with Crippen LogP contribution in [0.3, 0.4) is 0 Å². The first-order valence-electron chi connectivity index (χ1n) is 8.98. The lowest BCUT2D eigenvalue weighted by atomic mass is 9.70. The smallest absolute Gasteiger partial charge is 0.320 e. The minimum absolute atomic E-state index is 0.219. The molecule has 3 rings (SSSR count). The monoisotopic (exact) mass is 293 g/mol. The normalized spacial score (nSPS) is 40.5. The molecule has 1 heterocycles. The Bertz CT molecular complexity index is 393. The second-order valence-corrected chi connectivity index (χ2v) is 8.40. The second-order valence-electron chi connectivity index (χ2n) is 8.40. The van der Waals surface area contributed by atoms with Crippen molar-refractivity contribution in [3.63, 3.8) is 0 Å². The lowest BCUT2D eigenvalue weighted by molar-refractivity contribution is -0.152. The Balaban J connectivity index is 1.83. The zero-order chi connectivity index (χ0) is 15.0. The van der Waals surface area contributed by atoms with E-state index in [9.17, 15) is 9.90 Å². The summed E-state index contributed by atoms with van der Waals surface area (Å²) in [5.74, 6) is 0.182. The van der Waals surface area contributed by atoms with Crippen LogP contribution in [0.15, 0.2) is 0 Å². The Hall–Kier alpha value is -0.570. The summed E-state index contributed by atoms with van der Waals surface area (Å²) in [5.41, 5.74) is 0.383. The van der Waals surface area contributed by atoms with Gasteiger partial charge in [0.05, 0.1) is 0 Å². The van der Waals surface area contributed by atoms with E-state index in [2.05, 4.69) is 18.7 Å². The molecule has 3 nitrogen and oxygen atoms in total. The van der Waals surface area contributed by atoms with Crippen molar-refractivity contribution in [2.24, 2.45) is 11.3 Å². The molecule has 1 aliphatic heterocycles. The third-order valence-electron chi connectivity index (χ3n) is 6.31. The van der Waals surface area contributed by atoms with Crippen molar-refractivity contribution in [1.82, 2.24) is 4.90 Å². The molecule has 0 amide bonds. The van der Waals surface area contributed by atoms with Crippen LogP contribution in [-0.2, 0) is 4.79 Å². The highest BCUT2D eigenvalue weighted by atomic mass is 16.4. The number of nitrogens with zero attached hydrogens (tertiary/aromatic N) is 1. The van der Waals surface area contributed by atoms with Crippen LogP contribution < -0.4 is 0 Å². The third kappa shape index (κ3) is 3.13. The molecule has 3 heteroatoms. The number of rotatable bonds is 2. The number of likely N-dealkylation sites (tertiary alicyclic amines) is 1. The molecule has 4 atom stereocenters. The van der Waals surface area contributed by atoms with Gasteiger partial charge in [0.25, 0.3) is 0 Å². The van der Waals surface area contributed by atoms with Gasteiger partial charge in [0, 0.05) is 12.1 Å². The fourth-order valence-corrected chi connectivity index (χ4v) is 5.36. The van der Waals surface area contributed by atoms with E-state index in [0.717, 1.165) is 18.8 Å². The Morgan fingerprint density at radius 1 is 1.05 bits per heavy atom. The standard InChI is InChI=1S/C18H31NO2/c1-18(2)11-5-7-14(12-18)19-15-8-4-3-6-13(15)9-10-16(19)17(20)21/h13-16H,3-12H2,1-2H3,(H,20,21). The van der Waals surface area contributed by atoms with Gasteiger partial charge in [-0.15, -0.1) is 0 Å². The molecule has 0 aromatic heterocycles. The second kappa shape index (κ2) is 5.91. The lowest BCUT2D eigenvalue weighted by Gasteiger charge is -2.53. The molecular weight excluding hydrogens is 262 g/mol. The summed E-state index contributed by atoms with van der Waals surface area (Å²) >= 11 is 0. The van der Waals surface area contributed by atoms with Gasteiger partial charge in [-0.3, -0.25) is 9.69 Å². The van der Waals surface area contributed by atoms with E-state index in [-0.39, 0.29) is 6.04 Å². The van der Waals surface area contributed by atoms with Crippen molar-refractivity contribution in [2.75, 3.05) is 0 Å². The molecule has 3 fully saturated rings. The van der Waals surface area contributed by atoms with Gasteiger partial charge in [-0.1, -0.05) is 33.1 Å². The summed E-state index contributed by atoms with van der Waals surface area (Å²) in [7, 11) is 0. The van der Waals surface area contributed by atoms with E-state index in [1.54, 1.807) is 0 Å². The molecule has 0 spiro atoms. The predicted octanol–water partition coefficient (Wildman–Crippen LogP) is 4.06. The van der Waals surface area contributed by atoms with Crippen molar-refractivity contribution in [1.29, 1.82) is 0 Å². The van der Waals surface area contributed by atoms with Crippen molar-refractivity contribution in [2.45, 2.75) is 96.2 Å². The predicted molar refractivity (Wildman–Crippen MR) is 84.3 cm³/mol. The summed E-state index contributed by atoms with van der Waals surface area (Å²) in [6.45, 7) is 4.72. The molecule has 0 aromatic rings. The number of hydrogen-bond acceptors (Lipinski definition) is 2. The van der Waals surface area contributed by atoms with Crippen LogP contribution in [0.25, 0.3) is 0 Å². The van der Waals surface area contributed by atoms with E-state index in [1.165, 1.54) is 51.4 Å². The Labute approximate surface area is 129 Å². The SMILES string of the molecule is CC1(C)CCCC(N2C(C(=O)O)CCC3CCCCC32)C1. The van der Waals surface area contributed by atoms with E-state index < -0.39 is 5.97 Å². The first kappa shape index (κ1) is 15.3. The van der Waals surface area contributed by atoms with Crippen LogP contribution in [0.4, 0.5) is 0 Å². The quantitative estimate of drug-likeness (QED) is 0.834. The molecule has 3 aliphatic rings. The number of carboxylic acid groups (broad SMARTS) is 1. The van der Waals surface area contributed by atoms with Gasteiger partial charge in [-0.2, -0.15) is 0 Å². The maximum absolute atomic E-state index is 11.8. The van der Waals surface area contributed by atoms with Gasteiger partial charge in [0.15, 0.2) is 0 Å². The molecular formula is C18H31NO2. The van der Waals surface area contributed by atoms with Crippen LogP contribution in [0.1, 0.15) is 78.1 Å². The number of carboxylic acids is 1. The topological polar surface area (TPSA) is 40.5 Å². The Morgan fingerprint density at radius 3 is 2.52 bits per heavy atom. The highest BCUT2D eigenvalue weighted by molar-refractivity contribution is 5.73. The van der Waals surface area contributed by atoms with Crippen LogP contribution in [0.2, 0.25) is 0 Å². The molecule has 1 saturated heterocycles. The molecule has 1 N–H and O–H groups in total. The zero-order valence-corrected chi connectivity index (χ0v) is 13.7. The number of carbonyl (C=O) groups is 1. The summed E-state index contributed by atoms with van der Waals surface area (Å²) in [4.78, 5) is 14.3. The van der Waals surface area contributed by atoms with E-state index in [1.807, 2.05) is 0 Å². The van der Waals surface area contributed by atoms with Gasteiger partial charge < -0.3 is 5.11 Å². The molecule has 4 unspecified atom stereocenters. The highest BCUT2D eigenvalue weighted by Gasteiger charge is 2.46. The van der Waals surface area contributed by atoms with Gasteiger partial charge in [-0.05, 0) is 56.3 Å². The van der Waals surface area contributed by atoms with Crippen LogP contribution in [0, 0.1) is 11.3 Å². The average Bonchev–Trinajstić information content (AvgIpc) is 2.44. The van der Waals surface area contributed by atoms with E-state index >= 15 is 0 Å². The minimum atomic E-state index is -0.581. The minimum Gasteiger partial charge on any atom is -0.480 e. The molecule has 2 saturated carbocycles. The van der Waals surface area contributed by atoms with Gasteiger partial charge in [0.1, 0.15) is 6.04 Å². The highest BCUT2D eigenvalue weighted by Crippen LogP contribution is 2.44. The number of fused-ring (bicyclic) bond motifs is 1. The van der Waals surface area contributed by atoms with Crippen molar-refractivity contribution >= 4 is 5.97 Å². The van der Waals surface area contributed by atoms with Crippen LogP contribution in [0.5, 0.6) is 0 Å². The number of aliphatic carboxylic acids is 1. The molecule has 0 radical (unpaired) electrons.